The molecule has 71 heavy (non-hydrogen) atoms. The van der Waals surface area contributed by atoms with Crippen LogP contribution in [0, 0.1) is 0 Å². The Bertz CT molecular complexity index is 4070. The van der Waals surface area contributed by atoms with Crippen molar-refractivity contribution in [2.75, 3.05) is 4.90 Å². The molecule has 0 N–H and O–H groups in total. The van der Waals surface area contributed by atoms with Crippen molar-refractivity contribution in [3.63, 3.8) is 0 Å². The van der Waals surface area contributed by atoms with Gasteiger partial charge in [0.2, 0.25) is 0 Å². The second-order valence-electron chi connectivity index (χ2n) is 19.4. The topological polar surface area (TPSA) is 3.24 Å². The minimum Gasteiger partial charge on any atom is -0.310 e. The summed E-state index contributed by atoms with van der Waals surface area (Å²) in [4.78, 5) is 2.54. The quantitative estimate of drug-likeness (QED) is 0.161. The third-order valence-corrected chi connectivity index (χ3v) is 16.1. The van der Waals surface area contributed by atoms with Crippen LogP contribution in [0.4, 0.5) is 17.1 Å². The first-order chi connectivity index (χ1) is 35.2. The molecule has 1 unspecified atom stereocenters. The third-order valence-electron chi connectivity index (χ3n) is 16.1. The van der Waals surface area contributed by atoms with Gasteiger partial charge in [0.15, 0.2) is 0 Å². The normalized spacial score (nSPS) is 15.2. The fraction of sp³-hybridized carbons (Fsp3) is 0.0286. The van der Waals surface area contributed by atoms with Crippen molar-refractivity contribution in [2.45, 2.75) is 10.8 Å². The summed E-state index contributed by atoms with van der Waals surface area (Å²) in [5.41, 5.74) is 22.7. The molecule has 0 saturated heterocycles. The highest BCUT2D eigenvalue weighted by Crippen LogP contribution is 2.64. The Hall–Kier alpha value is -9.04. The van der Waals surface area contributed by atoms with Gasteiger partial charge in [-0.2, -0.15) is 0 Å². The van der Waals surface area contributed by atoms with Crippen molar-refractivity contribution in [3.05, 3.63) is 317 Å². The van der Waals surface area contributed by atoms with Crippen molar-refractivity contribution in [2.24, 2.45) is 0 Å². The molecule has 12 aromatic rings. The van der Waals surface area contributed by atoms with Crippen LogP contribution >= 0.6 is 0 Å². The summed E-state index contributed by atoms with van der Waals surface area (Å²) in [5, 5.41) is 5.00. The van der Waals surface area contributed by atoms with Gasteiger partial charge in [0.1, 0.15) is 0 Å². The number of rotatable bonds is 6. The summed E-state index contributed by atoms with van der Waals surface area (Å²) in [5.74, 6) is 0. The molecular formula is C70H45N. The standard InChI is InChI=1S/C70H45N/c1-4-20-46(21-5-1)52-42-43-60-56-31-14-17-35-63(56)70(64-36-19-32-59(52)68(60)64)62-34-16-13-30-55(62)58-41-39-51(45-66(58)70)71(67-37-18-23-47-22-10-11-28-53(47)67)50-38-40-57-54-29-12-15-33-61(54)69(65(57)44-50,48-24-6-2-7-25-48)49-26-8-3-9-27-49/h1-45H. The summed E-state index contributed by atoms with van der Waals surface area (Å²) in [7, 11) is 0. The monoisotopic (exact) mass is 899 g/mol. The fourth-order valence-electron chi connectivity index (χ4n) is 13.4. The molecule has 1 heteroatoms. The Kier molecular flexibility index (Phi) is 8.56. The van der Waals surface area contributed by atoms with Crippen LogP contribution in [-0.2, 0) is 10.8 Å². The predicted octanol–water partition coefficient (Wildman–Crippen LogP) is 17.8. The lowest BCUT2D eigenvalue weighted by Crippen LogP contribution is -2.32. The zero-order chi connectivity index (χ0) is 46.7. The van der Waals surface area contributed by atoms with Gasteiger partial charge in [-0.15, -0.1) is 0 Å². The third kappa shape index (κ3) is 5.41. The highest BCUT2D eigenvalue weighted by Gasteiger charge is 2.51. The zero-order valence-electron chi connectivity index (χ0n) is 38.9. The molecule has 0 radical (unpaired) electrons. The van der Waals surface area contributed by atoms with E-state index in [-0.39, 0.29) is 0 Å². The molecule has 0 aromatic heterocycles. The molecule has 0 amide bonds. The molecule has 3 aliphatic rings. The van der Waals surface area contributed by atoms with Crippen molar-refractivity contribution >= 4 is 38.6 Å². The Morgan fingerprint density at radius 3 is 1.31 bits per heavy atom. The van der Waals surface area contributed by atoms with Gasteiger partial charge in [-0.25, -0.2) is 0 Å². The molecule has 0 aliphatic heterocycles. The molecule has 0 fully saturated rings. The first-order valence-corrected chi connectivity index (χ1v) is 24.8. The number of fused-ring (bicyclic) bond motifs is 13. The second-order valence-corrected chi connectivity index (χ2v) is 19.4. The van der Waals surface area contributed by atoms with Crippen LogP contribution in [0.15, 0.2) is 273 Å². The molecule has 1 nitrogen and oxygen atoms in total. The summed E-state index contributed by atoms with van der Waals surface area (Å²) in [6.07, 6.45) is 0. The average molecular weight is 900 g/mol. The van der Waals surface area contributed by atoms with E-state index in [0.29, 0.717) is 0 Å². The van der Waals surface area contributed by atoms with Gasteiger partial charge in [0.05, 0.1) is 16.5 Å². The number of nitrogens with zero attached hydrogens (tertiary/aromatic N) is 1. The van der Waals surface area contributed by atoms with Crippen LogP contribution in [0.1, 0.15) is 44.5 Å². The van der Waals surface area contributed by atoms with E-state index in [9.17, 15) is 0 Å². The smallest absolute Gasteiger partial charge is 0.0726 e. The van der Waals surface area contributed by atoms with Crippen molar-refractivity contribution in [3.8, 4) is 44.5 Å². The summed E-state index contributed by atoms with van der Waals surface area (Å²) >= 11 is 0. The van der Waals surface area contributed by atoms with E-state index in [1.165, 1.54) is 111 Å². The first kappa shape index (κ1) is 39.9. The molecule has 0 bridgehead atoms. The first-order valence-electron chi connectivity index (χ1n) is 24.8. The maximum Gasteiger partial charge on any atom is 0.0726 e. The van der Waals surface area contributed by atoms with Crippen LogP contribution in [0.25, 0.3) is 66.1 Å². The largest absolute Gasteiger partial charge is 0.310 e. The lowest BCUT2D eigenvalue weighted by molar-refractivity contribution is 0.768. The van der Waals surface area contributed by atoms with Crippen molar-refractivity contribution in [1.82, 2.24) is 0 Å². The zero-order valence-corrected chi connectivity index (χ0v) is 38.9. The summed E-state index contributed by atoms with van der Waals surface area (Å²) in [6, 6.07) is 103. The Balaban J connectivity index is 1.03. The van der Waals surface area contributed by atoms with E-state index >= 15 is 0 Å². The number of benzene rings is 12. The van der Waals surface area contributed by atoms with E-state index in [2.05, 4.69) is 278 Å². The second kappa shape index (κ2) is 15.2. The lowest BCUT2D eigenvalue weighted by Gasteiger charge is -2.40. The van der Waals surface area contributed by atoms with Gasteiger partial charge in [0, 0.05) is 16.8 Å². The van der Waals surface area contributed by atoms with Gasteiger partial charge < -0.3 is 4.90 Å². The van der Waals surface area contributed by atoms with Gasteiger partial charge in [-0.1, -0.05) is 243 Å². The molecule has 330 valence electrons. The van der Waals surface area contributed by atoms with Crippen LogP contribution < -0.4 is 4.90 Å². The number of anilines is 3. The van der Waals surface area contributed by atoms with Crippen molar-refractivity contribution in [1.29, 1.82) is 0 Å². The summed E-state index contributed by atoms with van der Waals surface area (Å²) < 4.78 is 0. The molecule has 12 aromatic carbocycles. The lowest BCUT2D eigenvalue weighted by atomic mass is 9.61. The molecule has 3 aliphatic carbocycles. The average Bonchev–Trinajstić information content (AvgIpc) is 3.91. The molecule has 0 saturated carbocycles. The predicted molar refractivity (Wildman–Crippen MR) is 295 cm³/mol. The van der Waals surface area contributed by atoms with E-state index in [0.717, 1.165) is 17.1 Å². The molecule has 0 heterocycles. The highest BCUT2D eigenvalue weighted by molar-refractivity contribution is 6.12. The van der Waals surface area contributed by atoms with Crippen LogP contribution in [-0.4, -0.2) is 0 Å². The van der Waals surface area contributed by atoms with Gasteiger partial charge >= 0.3 is 0 Å². The Labute approximate surface area is 414 Å². The minimum atomic E-state index is -0.597. The van der Waals surface area contributed by atoms with Gasteiger partial charge in [-0.05, 0) is 136 Å². The van der Waals surface area contributed by atoms with Crippen LogP contribution in [0.5, 0.6) is 0 Å². The SMILES string of the molecule is c1ccc(-c2ccc3c4c(cccc24)C2(c4ccccc4-c4ccc(N(c5ccc6c(c5)C(c5ccccc5)(c5ccccc5)c5ccccc5-6)c5cccc6ccccc56)cc42)c2ccccc2-3)cc1. The minimum absolute atomic E-state index is 0.547. The highest BCUT2D eigenvalue weighted by atomic mass is 15.1. The van der Waals surface area contributed by atoms with Crippen molar-refractivity contribution < 1.29 is 0 Å². The van der Waals surface area contributed by atoms with Gasteiger partial charge in [-0.3, -0.25) is 0 Å². The Morgan fingerprint density at radius 1 is 0.254 bits per heavy atom. The maximum absolute atomic E-state index is 2.54. The van der Waals surface area contributed by atoms with Gasteiger partial charge in [0.25, 0.3) is 0 Å². The Morgan fingerprint density at radius 2 is 0.676 bits per heavy atom. The maximum atomic E-state index is 2.54. The molecule has 1 spiro atoms. The fourth-order valence-corrected chi connectivity index (χ4v) is 13.4. The molecule has 15 rings (SSSR count). The van der Waals surface area contributed by atoms with E-state index in [1.54, 1.807) is 0 Å². The summed E-state index contributed by atoms with van der Waals surface area (Å²) in [6.45, 7) is 0. The van der Waals surface area contributed by atoms with E-state index in [4.69, 9.17) is 0 Å². The van der Waals surface area contributed by atoms with Crippen LogP contribution in [0.2, 0.25) is 0 Å². The number of hydrogen-bond acceptors (Lipinski definition) is 1. The van der Waals surface area contributed by atoms with Crippen LogP contribution in [0.3, 0.4) is 0 Å². The molecular weight excluding hydrogens is 855 g/mol. The number of hydrogen-bond donors (Lipinski definition) is 0. The molecule has 1 atom stereocenters. The van der Waals surface area contributed by atoms with E-state index in [1.807, 2.05) is 0 Å². The van der Waals surface area contributed by atoms with E-state index < -0.39 is 10.8 Å².